The Hall–Kier alpha value is -4.89. The summed E-state index contributed by atoms with van der Waals surface area (Å²) in [5, 5.41) is 15.3. The molecule has 4 aromatic carbocycles. The number of hydrazone groups is 1. The first-order valence-corrected chi connectivity index (χ1v) is 12.7. The largest absolute Gasteiger partial charge is 0.490 e. The van der Waals surface area contributed by atoms with E-state index in [0.717, 1.165) is 11.1 Å². The molecule has 0 aliphatic rings. The first kappa shape index (κ1) is 28.1. The molecule has 1 N–H and O–H groups in total. The lowest BCUT2D eigenvalue weighted by Gasteiger charge is -2.14. The van der Waals surface area contributed by atoms with Crippen molar-refractivity contribution >= 4 is 29.4 Å². The molecule has 9 nitrogen and oxygen atoms in total. The Morgan fingerprint density at radius 1 is 0.875 bits per heavy atom. The van der Waals surface area contributed by atoms with Crippen molar-refractivity contribution in [3.05, 3.63) is 128 Å². The topological polar surface area (TPSA) is 112 Å². The fourth-order valence-corrected chi connectivity index (χ4v) is 3.82. The number of rotatable bonds is 12. The molecule has 0 atom stereocenters. The van der Waals surface area contributed by atoms with Gasteiger partial charge in [-0.1, -0.05) is 48.0 Å². The molecular formula is C30H26ClN3O6. The van der Waals surface area contributed by atoms with Crippen LogP contribution in [0, 0.1) is 10.1 Å². The van der Waals surface area contributed by atoms with Crippen LogP contribution in [0.3, 0.4) is 0 Å². The van der Waals surface area contributed by atoms with E-state index in [-0.39, 0.29) is 17.9 Å². The summed E-state index contributed by atoms with van der Waals surface area (Å²) in [5.74, 6) is 1.23. The lowest BCUT2D eigenvalue weighted by Crippen LogP contribution is -2.17. The number of halogens is 1. The minimum Gasteiger partial charge on any atom is -0.490 e. The Bertz CT molecular complexity index is 1490. The highest BCUT2D eigenvalue weighted by atomic mass is 35.5. The van der Waals surface area contributed by atoms with E-state index in [1.807, 2.05) is 55.5 Å². The van der Waals surface area contributed by atoms with Crippen LogP contribution in [0.25, 0.3) is 0 Å². The molecule has 0 radical (unpaired) electrons. The Kier molecular flexibility index (Phi) is 9.68. The van der Waals surface area contributed by atoms with Crippen molar-refractivity contribution in [2.24, 2.45) is 5.10 Å². The van der Waals surface area contributed by atoms with Gasteiger partial charge in [0.05, 0.1) is 17.7 Å². The number of amides is 1. The monoisotopic (exact) mass is 559 g/mol. The third-order valence-corrected chi connectivity index (χ3v) is 5.86. The summed E-state index contributed by atoms with van der Waals surface area (Å²) in [6, 6.07) is 25.8. The van der Waals surface area contributed by atoms with Crippen molar-refractivity contribution in [3.63, 3.8) is 0 Å². The number of hydrogen-bond donors (Lipinski definition) is 1. The number of nitrogens with one attached hydrogen (secondary N) is 1. The molecule has 1 amide bonds. The molecular weight excluding hydrogens is 534 g/mol. The molecule has 0 saturated carbocycles. The summed E-state index contributed by atoms with van der Waals surface area (Å²) < 4.78 is 17.8. The van der Waals surface area contributed by atoms with Crippen LogP contribution in [-0.2, 0) is 13.2 Å². The van der Waals surface area contributed by atoms with Crippen LogP contribution in [-0.4, -0.2) is 23.7 Å². The van der Waals surface area contributed by atoms with Gasteiger partial charge >= 0.3 is 0 Å². The van der Waals surface area contributed by atoms with Crippen LogP contribution in [0.5, 0.6) is 17.2 Å². The predicted octanol–water partition coefficient (Wildman–Crippen LogP) is 6.57. The Balaban J connectivity index is 1.41. The summed E-state index contributed by atoms with van der Waals surface area (Å²) >= 11 is 6.17. The van der Waals surface area contributed by atoms with E-state index in [0.29, 0.717) is 41.0 Å². The van der Waals surface area contributed by atoms with Gasteiger partial charge in [-0.3, -0.25) is 14.9 Å². The zero-order valence-electron chi connectivity index (χ0n) is 21.6. The lowest BCUT2D eigenvalue weighted by molar-refractivity contribution is -0.384. The van der Waals surface area contributed by atoms with Gasteiger partial charge in [-0.15, -0.1) is 0 Å². The van der Waals surface area contributed by atoms with Gasteiger partial charge in [0.1, 0.15) is 19.0 Å². The summed E-state index contributed by atoms with van der Waals surface area (Å²) in [7, 11) is 0. The van der Waals surface area contributed by atoms with Crippen LogP contribution in [0.1, 0.15) is 34.0 Å². The molecule has 0 saturated heterocycles. The molecule has 0 unspecified atom stereocenters. The van der Waals surface area contributed by atoms with Crippen molar-refractivity contribution in [3.8, 4) is 17.2 Å². The second-order valence-corrected chi connectivity index (χ2v) is 8.90. The maximum absolute atomic E-state index is 12.3. The van der Waals surface area contributed by atoms with Crippen LogP contribution in [0.2, 0.25) is 5.02 Å². The third kappa shape index (κ3) is 7.81. The van der Waals surface area contributed by atoms with Crippen LogP contribution >= 0.6 is 11.6 Å². The number of nitro groups is 1. The van der Waals surface area contributed by atoms with Gasteiger partial charge in [0.25, 0.3) is 11.6 Å². The Morgan fingerprint density at radius 3 is 2.30 bits per heavy atom. The second-order valence-electron chi connectivity index (χ2n) is 8.46. The van der Waals surface area contributed by atoms with Crippen LogP contribution in [0.15, 0.2) is 96.1 Å². The minimum atomic E-state index is -0.535. The lowest BCUT2D eigenvalue weighted by atomic mass is 10.2. The van der Waals surface area contributed by atoms with Crippen LogP contribution < -0.4 is 19.6 Å². The number of carbonyl (C=O) groups is 1. The smallest absolute Gasteiger partial charge is 0.271 e. The van der Waals surface area contributed by atoms with Gasteiger partial charge in [-0.2, -0.15) is 5.10 Å². The number of benzene rings is 4. The molecule has 0 aromatic heterocycles. The van der Waals surface area contributed by atoms with E-state index in [2.05, 4.69) is 10.5 Å². The number of nitrogens with zero attached hydrogens (tertiary/aromatic N) is 2. The average molecular weight is 560 g/mol. The molecule has 0 fully saturated rings. The number of ether oxygens (including phenoxy) is 3. The SMILES string of the molecule is CCOc1cc(COc2ccc(Cl)cc2/C=N/NC(=O)c2ccc([N+](=O)[O-])cc2)ccc1OCc1ccccc1. The van der Waals surface area contributed by atoms with E-state index in [4.69, 9.17) is 25.8 Å². The van der Waals surface area contributed by atoms with Crippen LogP contribution in [0.4, 0.5) is 5.69 Å². The summed E-state index contributed by atoms with van der Waals surface area (Å²) in [4.78, 5) is 22.6. The van der Waals surface area contributed by atoms with Crippen molar-refractivity contribution in [1.29, 1.82) is 0 Å². The van der Waals surface area contributed by atoms with Gasteiger partial charge in [0.2, 0.25) is 0 Å². The fourth-order valence-electron chi connectivity index (χ4n) is 3.64. The van der Waals surface area contributed by atoms with E-state index in [1.165, 1.54) is 30.5 Å². The Morgan fingerprint density at radius 2 is 1.57 bits per heavy atom. The molecule has 0 heterocycles. The number of nitro benzene ring substituents is 1. The molecule has 4 rings (SSSR count). The predicted molar refractivity (Wildman–Crippen MR) is 152 cm³/mol. The maximum atomic E-state index is 12.3. The minimum absolute atomic E-state index is 0.108. The zero-order valence-corrected chi connectivity index (χ0v) is 22.3. The number of non-ortho nitro benzene ring substituents is 1. The molecule has 0 aliphatic carbocycles. The first-order valence-electron chi connectivity index (χ1n) is 12.4. The molecule has 0 aliphatic heterocycles. The molecule has 4 aromatic rings. The summed E-state index contributed by atoms with van der Waals surface area (Å²) in [5.41, 5.74) is 4.98. The summed E-state index contributed by atoms with van der Waals surface area (Å²) in [6.07, 6.45) is 1.41. The normalized spacial score (nSPS) is 10.8. The van der Waals surface area contributed by atoms with Crippen molar-refractivity contribution in [2.75, 3.05) is 6.61 Å². The van der Waals surface area contributed by atoms with Gasteiger partial charge < -0.3 is 14.2 Å². The highest BCUT2D eigenvalue weighted by Gasteiger charge is 2.11. The Labute approximate surface area is 236 Å². The van der Waals surface area contributed by atoms with E-state index in [1.54, 1.807) is 18.2 Å². The highest BCUT2D eigenvalue weighted by Crippen LogP contribution is 2.30. The summed E-state index contributed by atoms with van der Waals surface area (Å²) in [6.45, 7) is 3.04. The van der Waals surface area contributed by atoms with E-state index >= 15 is 0 Å². The van der Waals surface area contributed by atoms with Gasteiger partial charge in [-0.25, -0.2) is 5.43 Å². The van der Waals surface area contributed by atoms with Gasteiger partial charge in [0.15, 0.2) is 11.5 Å². The molecule has 0 bridgehead atoms. The van der Waals surface area contributed by atoms with Crippen molar-refractivity contribution in [1.82, 2.24) is 5.43 Å². The number of carbonyl (C=O) groups excluding carboxylic acids is 1. The molecule has 10 heteroatoms. The third-order valence-electron chi connectivity index (χ3n) is 5.62. The van der Waals surface area contributed by atoms with E-state index in [9.17, 15) is 14.9 Å². The molecule has 204 valence electrons. The molecule has 40 heavy (non-hydrogen) atoms. The van der Waals surface area contributed by atoms with Crippen molar-refractivity contribution < 1.29 is 23.9 Å². The maximum Gasteiger partial charge on any atom is 0.271 e. The quantitative estimate of drug-likeness (QED) is 0.119. The number of hydrogen-bond acceptors (Lipinski definition) is 7. The zero-order chi connectivity index (χ0) is 28.3. The van der Waals surface area contributed by atoms with E-state index < -0.39 is 10.8 Å². The van der Waals surface area contributed by atoms with Gasteiger partial charge in [-0.05, 0) is 60.5 Å². The first-order chi connectivity index (χ1) is 19.4. The van der Waals surface area contributed by atoms with Crippen molar-refractivity contribution in [2.45, 2.75) is 20.1 Å². The fraction of sp³-hybridized carbons (Fsp3) is 0.133. The second kappa shape index (κ2) is 13.8. The highest BCUT2D eigenvalue weighted by molar-refractivity contribution is 6.30. The van der Waals surface area contributed by atoms with Gasteiger partial charge in [0, 0.05) is 28.3 Å². The molecule has 0 spiro atoms. The average Bonchev–Trinajstić information content (AvgIpc) is 2.97. The standard InChI is InChI=1S/C30H26ClN3O6/c1-2-38-29-16-22(8-14-28(29)40-19-21-6-4-3-5-7-21)20-39-27-15-11-25(31)17-24(27)18-32-33-30(35)23-9-12-26(13-10-23)34(36)37/h3-18H,2,19-20H2,1H3,(H,33,35)/b32-18+.